The van der Waals surface area contributed by atoms with Crippen molar-refractivity contribution in [3.8, 4) is 0 Å². The average Bonchev–Trinajstić information content (AvgIpc) is 2.59. The van der Waals surface area contributed by atoms with Gasteiger partial charge in [-0.15, -0.1) is 11.8 Å². The normalized spacial score (nSPS) is 11.9. The van der Waals surface area contributed by atoms with Gasteiger partial charge < -0.3 is 10.6 Å². The highest BCUT2D eigenvalue weighted by Gasteiger charge is 2.24. The molecule has 6 heteroatoms. The van der Waals surface area contributed by atoms with Crippen molar-refractivity contribution in [3.63, 3.8) is 0 Å². The lowest BCUT2D eigenvalue weighted by Gasteiger charge is -2.22. The van der Waals surface area contributed by atoms with E-state index in [2.05, 4.69) is 10.6 Å². The van der Waals surface area contributed by atoms with Crippen LogP contribution in [0.2, 0.25) is 5.02 Å². The number of carbonyl (C=O) groups is 2. The summed E-state index contributed by atoms with van der Waals surface area (Å²) in [4.78, 5) is 26.1. The summed E-state index contributed by atoms with van der Waals surface area (Å²) in [6.45, 7) is 3.79. The Labute approximate surface area is 157 Å². The van der Waals surface area contributed by atoms with Crippen LogP contribution in [0.25, 0.3) is 0 Å². The van der Waals surface area contributed by atoms with Gasteiger partial charge in [0.25, 0.3) is 5.91 Å². The second-order valence-corrected chi connectivity index (χ2v) is 7.24. The molecule has 2 aromatic rings. The molecule has 0 radical (unpaired) electrons. The average molecular weight is 377 g/mol. The standard InChI is InChI=1S/C19H21ClN2O2S/c1-12(2)17(22-18(23)13-7-9-14(20)10-8-13)19(24)21-15-5-4-6-16(11-15)25-3/h4-12,17H,1-3H3,(H,21,24)(H,22,23)/t17-/m0/s1. The number of hydrogen-bond donors (Lipinski definition) is 2. The summed E-state index contributed by atoms with van der Waals surface area (Å²) in [5.74, 6) is -0.598. The van der Waals surface area contributed by atoms with E-state index in [9.17, 15) is 9.59 Å². The maximum atomic E-state index is 12.6. The molecule has 1 atom stereocenters. The smallest absolute Gasteiger partial charge is 0.251 e. The van der Waals surface area contributed by atoms with Gasteiger partial charge in [-0.25, -0.2) is 0 Å². The van der Waals surface area contributed by atoms with E-state index >= 15 is 0 Å². The van der Waals surface area contributed by atoms with Gasteiger partial charge in [-0.05, 0) is 54.6 Å². The van der Waals surface area contributed by atoms with Crippen molar-refractivity contribution in [2.45, 2.75) is 24.8 Å². The number of rotatable bonds is 6. The molecule has 0 saturated carbocycles. The van der Waals surface area contributed by atoms with Crippen LogP contribution < -0.4 is 10.6 Å². The molecule has 0 saturated heterocycles. The highest BCUT2D eigenvalue weighted by molar-refractivity contribution is 7.98. The monoisotopic (exact) mass is 376 g/mol. The van der Waals surface area contributed by atoms with Crippen molar-refractivity contribution < 1.29 is 9.59 Å². The first-order valence-electron chi connectivity index (χ1n) is 7.92. The van der Waals surface area contributed by atoms with Gasteiger partial charge in [-0.1, -0.05) is 31.5 Å². The molecule has 0 aromatic heterocycles. The van der Waals surface area contributed by atoms with Gasteiger partial charge in [-0.2, -0.15) is 0 Å². The van der Waals surface area contributed by atoms with E-state index in [4.69, 9.17) is 11.6 Å². The molecule has 2 N–H and O–H groups in total. The lowest BCUT2D eigenvalue weighted by molar-refractivity contribution is -0.118. The summed E-state index contributed by atoms with van der Waals surface area (Å²) in [6, 6.07) is 13.5. The number of benzene rings is 2. The second kappa shape index (κ2) is 8.92. The molecule has 0 bridgehead atoms. The highest BCUT2D eigenvalue weighted by Crippen LogP contribution is 2.19. The lowest BCUT2D eigenvalue weighted by atomic mass is 10.0. The highest BCUT2D eigenvalue weighted by atomic mass is 35.5. The van der Waals surface area contributed by atoms with Crippen molar-refractivity contribution in [3.05, 3.63) is 59.1 Å². The predicted molar refractivity (Wildman–Crippen MR) is 104 cm³/mol. The van der Waals surface area contributed by atoms with Crippen LogP contribution in [0.3, 0.4) is 0 Å². The van der Waals surface area contributed by atoms with E-state index in [0.29, 0.717) is 16.3 Å². The van der Waals surface area contributed by atoms with E-state index in [1.54, 1.807) is 36.0 Å². The zero-order chi connectivity index (χ0) is 18.4. The van der Waals surface area contributed by atoms with Crippen molar-refractivity contribution in [1.29, 1.82) is 0 Å². The molecule has 0 spiro atoms. The Morgan fingerprint density at radius 3 is 2.36 bits per heavy atom. The van der Waals surface area contributed by atoms with Crippen molar-refractivity contribution in [2.75, 3.05) is 11.6 Å². The fourth-order valence-corrected chi connectivity index (χ4v) is 2.87. The first kappa shape index (κ1) is 19.3. The van der Waals surface area contributed by atoms with E-state index in [1.807, 2.05) is 44.4 Å². The molecule has 2 rings (SSSR count). The lowest BCUT2D eigenvalue weighted by Crippen LogP contribution is -2.47. The minimum absolute atomic E-state index is 0.0556. The van der Waals surface area contributed by atoms with Gasteiger partial charge in [0.2, 0.25) is 5.91 Å². The predicted octanol–water partition coefficient (Wildman–Crippen LogP) is 4.46. The summed E-state index contributed by atoms with van der Waals surface area (Å²) in [7, 11) is 0. The first-order valence-corrected chi connectivity index (χ1v) is 9.52. The Hall–Kier alpha value is -1.98. The first-order chi connectivity index (χ1) is 11.9. The van der Waals surface area contributed by atoms with Crippen LogP contribution in [-0.4, -0.2) is 24.1 Å². The largest absolute Gasteiger partial charge is 0.340 e. The van der Waals surface area contributed by atoms with Gasteiger partial charge in [0, 0.05) is 21.2 Å². The molecule has 132 valence electrons. The summed E-state index contributed by atoms with van der Waals surface area (Å²) >= 11 is 7.44. The topological polar surface area (TPSA) is 58.2 Å². The molecule has 0 heterocycles. The third-order valence-electron chi connectivity index (χ3n) is 3.68. The van der Waals surface area contributed by atoms with Crippen LogP contribution in [0.5, 0.6) is 0 Å². The Bertz CT molecular complexity index is 747. The molecular weight excluding hydrogens is 356 g/mol. The van der Waals surface area contributed by atoms with Gasteiger partial charge in [0.05, 0.1) is 0 Å². The van der Waals surface area contributed by atoms with Gasteiger partial charge in [0.15, 0.2) is 0 Å². The molecule has 0 aliphatic heterocycles. The minimum atomic E-state index is -0.638. The Balaban J connectivity index is 2.09. The number of thioether (sulfide) groups is 1. The van der Waals surface area contributed by atoms with Crippen LogP contribution in [0.1, 0.15) is 24.2 Å². The fourth-order valence-electron chi connectivity index (χ4n) is 2.28. The number of carbonyl (C=O) groups excluding carboxylic acids is 2. The van der Waals surface area contributed by atoms with Crippen molar-refractivity contribution in [2.24, 2.45) is 5.92 Å². The van der Waals surface area contributed by atoms with E-state index < -0.39 is 6.04 Å². The second-order valence-electron chi connectivity index (χ2n) is 5.92. The number of nitrogens with one attached hydrogen (secondary N) is 2. The van der Waals surface area contributed by atoms with Gasteiger partial charge in [0.1, 0.15) is 6.04 Å². The van der Waals surface area contributed by atoms with Crippen LogP contribution in [0.4, 0.5) is 5.69 Å². The molecule has 2 aromatic carbocycles. The Morgan fingerprint density at radius 1 is 1.08 bits per heavy atom. The van der Waals surface area contributed by atoms with Crippen molar-refractivity contribution in [1.82, 2.24) is 5.32 Å². The van der Waals surface area contributed by atoms with Crippen LogP contribution in [-0.2, 0) is 4.79 Å². The molecule has 25 heavy (non-hydrogen) atoms. The number of amides is 2. The molecular formula is C19H21ClN2O2S. The Morgan fingerprint density at radius 2 is 1.76 bits per heavy atom. The van der Waals surface area contributed by atoms with Crippen LogP contribution in [0.15, 0.2) is 53.4 Å². The molecule has 2 amide bonds. The summed E-state index contributed by atoms with van der Waals surface area (Å²) < 4.78 is 0. The third-order valence-corrected chi connectivity index (χ3v) is 4.66. The molecule has 4 nitrogen and oxygen atoms in total. The molecule has 0 unspecified atom stereocenters. The number of halogens is 1. The number of anilines is 1. The zero-order valence-electron chi connectivity index (χ0n) is 14.4. The molecule has 0 aliphatic carbocycles. The number of hydrogen-bond acceptors (Lipinski definition) is 3. The SMILES string of the molecule is CSc1cccc(NC(=O)[C@@H](NC(=O)c2ccc(Cl)cc2)C(C)C)c1. The van der Waals surface area contributed by atoms with Gasteiger partial charge >= 0.3 is 0 Å². The third kappa shape index (κ3) is 5.51. The summed E-state index contributed by atoms with van der Waals surface area (Å²) in [5.41, 5.74) is 1.18. The Kier molecular flexibility index (Phi) is 6.91. The van der Waals surface area contributed by atoms with E-state index in [0.717, 1.165) is 4.90 Å². The summed E-state index contributed by atoms with van der Waals surface area (Å²) in [6.07, 6.45) is 1.98. The maximum Gasteiger partial charge on any atom is 0.251 e. The molecule has 0 fully saturated rings. The molecule has 0 aliphatic rings. The van der Waals surface area contributed by atoms with Gasteiger partial charge in [-0.3, -0.25) is 9.59 Å². The quantitative estimate of drug-likeness (QED) is 0.732. The zero-order valence-corrected chi connectivity index (χ0v) is 15.9. The maximum absolute atomic E-state index is 12.6. The van der Waals surface area contributed by atoms with Crippen LogP contribution >= 0.6 is 23.4 Å². The summed E-state index contributed by atoms with van der Waals surface area (Å²) in [5, 5.41) is 6.24. The van der Waals surface area contributed by atoms with E-state index in [1.165, 1.54) is 0 Å². The minimum Gasteiger partial charge on any atom is -0.340 e. The van der Waals surface area contributed by atoms with Crippen LogP contribution in [0, 0.1) is 5.92 Å². The van der Waals surface area contributed by atoms with E-state index in [-0.39, 0.29) is 17.7 Å². The van der Waals surface area contributed by atoms with Crippen molar-refractivity contribution >= 4 is 40.9 Å². The fraction of sp³-hybridized carbons (Fsp3) is 0.263.